The molecule has 0 saturated heterocycles. The summed E-state index contributed by atoms with van der Waals surface area (Å²) in [4.78, 5) is 0. The van der Waals surface area contributed by atoms with Crippen molar-refractivity contribution in [3.63, 3.8) is 0 Å². The van der Waals surface area contributed by atoms with Gasteiger partial charge in [-0.25, -0.2) is 0 Å². The summed E-state index contributed by atoms with van der Waals surface area (Å²) in [6.07, 6.45) is 0. The van der Waals surface area contributed by atoms with Gasteiger partial charge in [-0.2, -0.15) is 0 Å². The van der Waals surface area contributed by atoms with Gasteiger partial charge < -0.3 is 15.0 Å². The fourth-order valence-electron chi connectivity index (χ4n) is 2.91. The number of aliphatic hydroxyl groups excluding tert-OH is 1. The molecule has 0 aliphatic rings. The highest BCUT2D eigenvalue weighted by atomic mass is 16.3. The first-order chi connectivity index (χ1) is 10.2. The largest absolute Gasteiger partial charge is 0.395 e. The van der Waals surface area contributed by atoms with Crippen LogP contribution in [0.1, 0.15) is 19.4 Å². The van der Waals surface area contributed by atoms with Gasteiger partial charge >= 0.3 is 0 Å². The molecule has 110 valence electrons. The molecule has 0 amide bonds. The van der Waals surface area contributed by atoms with Crippen molar-refractivity contribution in [3.8, 4) is 0 Å². The van der Waals surface area contributed by atoms with Crippen LogP contribution in [0.25, 0.3) is 21.8 Å². The normalized spacial score (nSPS) is 13.1. The van der Waals surface area contributed by atoms with E-state index in [1.165, 1.54) is 27.4 Å². The monoisotopic (exact) mass is 282 g/mol. The van der Waals surface area contributed by atoms with E-state index < -0.39 is 0 Å². The Morgan fingerprint density at radius 3 is 2.62 bits per heavy atom. The van der Waals surface area contributed by atoms with Crippen molar-refractivity contribution in [2.45, 2.75) is 33.0 Å². The molecule has 3 rings (SSSR count). The summed E-state index contributed by atoms with van der Waals surface area (Å²) in [5, 5.41) is 15.0. The van der Waals surface area contributed by atoms with E-state index in [2.05, 4.69) is 59.3 Å². The van der Waals surface area contributed by atoms with E-state index in [4.69, 9.17) is 5.11 Å². The Hall–Kier alpha value is -1.84. The zero-order valence-corrected chi connectivity index (χ0v) is 12.6. The maximum atomic E-state index is 9.10. The lowest BCUT2D eigenvalue weighted by molar-refractivity contribution is 0.251. The van der Waals surface area contributed by atoms with Crippen LogP contribution in [0.15, 0.2) is 42.5 Å². The molecule has 3 heteroatoms. The first kappa shape index (κ1) is 14.1. The lowest BCUT2D eigenvalue weighted by Crippen LogP contribution is -2.28. The summed E-state index contributed by atoms with van der Waals surface area (Å²) in [5.74, 6) is 0. The third kappa shape index (κ3) is 2.55. The predicted octanol–water partition coefficient (Wildman–Crippen LogP) is 3.28. The zero-order chi connectivity index (χ0) is 14.8. The molecule has 0 fully saturated rings. The van der Waals surface area contributed by atoms with Crippen LogP contribution in [0, 0.1) is 0 Å². The van der Waals surface area contributed by atoms with Crippen molar-refractivity contribution in [2.24, 2.45) is 0 Å². The van der Waals surface area contributed by atoms with Gasteiger partial charge in [0.1, 0.15) is 0 Å². The number of fused-ring (bicyclic) bond motifs is 3. The summed E-state index contributed by atoms with van der Waals surface area (Å²) in [6.45, 7) is 6.09. The van der Waals surface area contributed by atoms with Crippen molar-refractivity contribution >= 4 is 21.8 Å². The Bertz CT molecular complexity index is 760. The maximum absolute atomic E-state index is 9.10. The van der Waals surface area contributed by atoms with Crippen LogP contribution in [-0.2, 0) is 13.1 Å². The van der Waals surface area contributed by atoms with Crippen molar-refractivity contribution in [1.29, 1.82) is 0 Å². The summed E-state index contributed by atoms with van der Waals surface area (Å²) >= 11 is 0. The zero-order valence-electron chi connectivity index (χ0n) is 12.6. The molecule has 1 heterocycles. The fraction of sp³-hybridized carbons (Fsp3) is 0.333. The van der Waals surface area contributed by atoms with E-state index in [0.717, 1.165) is 13.1 Å². The topological polar surface area (TPSA) is 37.2 Å². The number of nitrogens with one attached hydrogen (secondary N) is 1. The van der Waals surface area contributed by atoms with Crippen molar-refractivity contribution in [3.05, 3.63) is 48.0 Å². The van der Waals surface area contributed by atoms with E-state index in [1.54, 1.807) is 0 Å². The quantitative estimate of drug-likeness (QED) is 0.753. The van der Waals surface area contributed by atoms with Crippen molar-refractivity contribution < 1.29 is 5.11 Å². The highest BCUT2D eigenvalue weighted by Crippen LogP contribution is 2.29. The number of hydrogen-bond acceptors (Lipinski definition) is 2. The minimum atomic E-state index is 0.123. The van der Waals surface area contributed by atoms with Gasteiger partial charge in [-0.15, -0.1) is 0 Å². The molecule has 0 radical (unpaired) electrons. The number of aliphatic hydroxyl groups is 1. The molecule has 3 aromatic rings. The second-order valence-corrected chi connectivity index (χ2v) is 5.58. The van der Waals surface area contributed by atoms with E-state index >= 15 is 0 Å². The molecule has 1 unspecified atom stereocenters. The van der Waals surface area contributed by atoms with Crippen molar-refractivity contribution in [1.82, 2.24) is 9.88 Å². The Morgan fingerprint density at radius 2 is 1.86 bits per heavy atom. The first-order valence-corrected chi connectivity index (χ1v) is 7.58. The van der Waals surface area contributed by atoms with Gasteiger partial charge in [0.15, 0.2) is 0 Å². The van der Waals surface area contributed by atoms with E-state index in [1.807, 2.05) is 6.92 Å². The fourth-order valence-corrected chi connectivity index (χ4v) is 2.91. The van der Waals surface area contributed by atoms with Gasteiger partial charge in [0.05, 0.1) is 6.61 Å². The molecule has 0 spiro atoms. The van der Waals surface area contributed by atoms with Gasteiger partial charge in [-0.05, 0) is 37.6 Å². The number of aryl methyl sites for hydroxylation is 1. The van der Waals surface area contributed by atoms with Crippen LogP contribution >= 0.6 is 0 Å². The number of hydrogen-bond donors (Lipinski definition) is 2. The second-order valence-electron chi connectivity index (χ2n) is 5.58. The van der Waals surface area contributed by atoms with Crippen LogP contribution in [0.5, 0.6) is 0 Å². The molecule has 0 aliphatic carbocycles. The first-order valence-electron chi connectivity index (χ1n) is 7.58. The number of para-hydroxylation sites is 1. The molecular formula is C18H22N2O. The van der Waals surface area contributed by atoms with E-state index in [0.29, 0.717) is 0 Å². The molecule has 3 nitrogen and oxygen atoms in total. The number of rotatable bonds is 5. The highest BCUT2D eigenvalue weighted by molar-refractivity contribution is 6.08. The lowest BCUT2D eigenvalue weighted by Gasteiger charge is -2.10. The Morgan fingerprint density at radius 1 is 1.10 bits per heavy atom. The maximum Gasteiger partial charge on any atom is 0.0582 e. The minimum absolute atomic E-state index is 0.123. The summed E-state index contributed by atoms with van der Waals surface area (Å²) < 4.78 is 2.36. The number of benzene rings is 2. The van der Waals surface area contributed by atoms with E-state index in [9.17, 15) is 0 Å². The minimum Gasteiger partial charge on any atom is -0.395 e. The molecule has 2 aromatic carbocycles. The van der Waals surface area contributed by atoms with Crippen LogP contribution in [0.2, 0.25) is 0 Å². The average Bonchev–Trinajstić information content (AvgIpc) is 2.85. The molecule has 0 bridgehead atoms. The molecule has 1 aromatic heterocycles. The molecular weight excluding hydrogens is 260 g/mol. The number of aromatic nitrogens is 1. The van der Waals surface area contributed by atoms with Gasteiger partial charge in [-0.1, -0.05) is 24.3 Å². The molecule has 21 heavy (non-hydrogen) atoms. The standard InChI is InChI=1S/C18H22N2O/c1-3-20-17-7-5-4-6-15(17)16-10-14(8-9-18(16)20)11-19-13(2)12-21/h4-10,13,19,21H,3,11-12H2,1-2H3. The smallest absolute Gasteiger partial charge is 0.0582 e. The summed E-state index contributed by atoms with van der Waals surface area (Å²) in [5.41, 5.74) is 3.84. The average molecular weight is 282 g/mol. The van der Waals surface area contributed by atoms with Crippen LogP contribution in [-0.4, -0.2) is 22.3 Å². The number of nitrogens with zero attached hydrogens (tertiary/aromatic N) is 1. The SMILES string of the molecule is CCn1c2ccccc2c2cc(CNC(C)CO)ccc21. The molecule has 2 N–H and O–H groups in total. The van der Waals surface area contributed by atoms with Gasteiger partial charge in [0.25, 0.3) is 0 Å². The summed E-state index contributed by atoms with van der Waals surface area (Å²) in [7, 11) is 0. The molecule has 0 aliphatic heterocycles. The Balaban J connectivity index is 2.06. The molecule has 0 saturated carbocycles. The predicted molar refractivity (Wildman–Crippen MR) is 88.5 cm³/mol. The third-order valence-corrected chi connectivity index (χ3v) is 4.08. The van der Waals surface area contributed by atoms with Gasteiger partial charge in [0.2, 0.25) is 0 Å². The van der Waals surface area contributed by atoms with Crippen LogP contribution in [0.3, 0.4) is 0 Å². The second kappa shape index (κ2) is 5.88. The third-order valence-electron chi connectivity index (χ3n) is 4.08. The van der Waals surface area contributed by atoms with Gasteiger partial charge in [-0.3, -0.25) is 0 Å². The van der Waals surface area contributed by atoms with E-state index in [-0.39, 0.29) is 12.6 Å². The summed E-state index contributed by atoms with van der Waals surface area (Å²) in [6, 6.07) is 15.3. The van der Waals surface area contributed by atoms with Gasteiger partial charge in [0, 0.05) is 40.9 Å². The lowest BCUT2D eigenvalue weighted by atomic mass is 10.1. The molecule has 1 atom stereocenters. The van der Waals surface area contributed by atoms with Crippen LogP contribution < -0.4 is 5.32 Å². The van der Waals surface area contributed by atoms with Crippen molar-refractivity contribution in [2.75, 3.05) is 6.61 Å². The Kier molecular flexibility index (Phi) is 3.95. The Labute approximate surface area is 125 Å². The van der Waals surface area contributed by atoms with Crippen LogP contribution in [0.4, 0.5) is 0 Å². The highest BCUT2D eigenvalue weighted by Gasteiger charge is 2.09.